The summed E-state index contributed by atoms with van der Waals surface area (Å²) in [4.78, 5) is 27.2. The molecule has 2 amide bonds. The van der Waals surface area contributed by atoms with Crippen molar-refractivity contribution < 1.29 is 28.6 Å². The zero-order valence-corrected chi connectivity index (χ0v) is 20.7. The number of methoxy groups -OCH3 is 2. The Balaban J connectivity index is 1.56. The Morgan fingerprint density at radius 2 is 1.86 bits per heavy atom. The summed E-state index contributed by atoms with van der Waals surface area (Å²) in [5.41, 5.74) is 1.49. The van der Waals surface area contributed by atoms with Gasteiger partial charge in [-0.3, -0.25) is 14.5 Å². The number of carbonyl (C=O) groups is 2. The van der Waals surface area contributed by atoms with Gasteiger partial charge in [0.05, 0.1) is 26.1 Å². The van der Waals surface area contributed by atoms with E-state index in [1.54, 1.807) is 30.3 Å². The molecular formula is C26H23FN4O5S. The van der Waals surface area contributed by atoms with Crippen LogP contribution in [0.3, 0.4) is 0 Å². The first kappa shape index (κ1) is 25.7. The Hall–Kier alpha value is -4.38. The van der Waals surface area contributed by atoms with Crippen LogP contribution < -0.4 is 19.7 Å². The highest BCUT2D eigenvalue weighted by Gasteiger charge is 2.40. The lowest BCUT2D eigenvalue weighted by Gasteiger charge is -2.16. The molecule has 1 fully saturated rings. The molecule has 1 unspecified atom stereocenters. The maximum atomic E-state index is 13.3. The van der Waals surface area contributed by atoms with Crippen molar-refractivity contribution >= 4 is 46.3 Å². The van der Waals surface area contributed by atoms with Gasteiger partial charge < -0.3 is 19.9 Å². The largest absolute Gasteiger partial charge is 0.508 e. The van der Waals surface area contributed by atoms with Crippen LogP contribution in [0, 0.1) is 5.82 Å². The van der Waals surface area contributed by atoms with Gasteiger partial charge in [0.1, 0.15) is 16.8 Å². The monoisotopic (exact) mass is 522 g/mol. The van der Waals surface area contributed by atoms with Crippen molar-refractivity contribution in [1.82, 2.24) is 0 Å². The van der Waals surface area contributed by atoms with Gasteiger partial charge in [-0.15, -0.1) is 5.10 Å². The SMILES string of the molecule is COc1ccc(/C=N/N=C2/SC(CC(=O)Nc3ccc(F)cc3)C(=O)N2c2cccc(O)c2)cc1OC. The second kappa shape index (κ2) is 11.6. The lowest BCUT2D eigenvalue weighted by Crippen LogP contribution is -2.33. The molecule has 1 aliphatic heterocycles. The molecule has 0 spiro atoms. The molecule has 0 saturated carbocycles. The maximum absolute atomic E-state index is 13.3. The van der Waals surface area contributed by atoms with Crippen molar-refractivity contribution in [2.45, 2.75) is 11.7 Å². The first-order valence-electron chi connectivity index (χ1n) is 11.1. The average molecular weight is 523 g/mol. The third-order valence-electron chi connectivity index (χ3n) is 5.28. The number of carbonyl (C=O) groups excluding carboxylic acids is 2. The van der Waals surface area contributed by atoms with Crippen molar-refractivity contribution in [2.24, 2.45) is 10.2 Å². The van der Waals surface area contributed by atoms with E-state index in [-0.39, 0.29) is 23.2 Å². The first-order valence-corrected chi connectivity index (χ1v) is 11.9. The second-order valence-corrected chi connectivity index (χ2v) is 8.97. The van der Waals surface area contributed by atoms with Crippen LogP contribution in [0.4, 0.5) is 15.8 Å². The predicted molar refractivity (Wildman–Crippen MR) is 141 cm³/mol. The molecule has 190 valence electrons. The van der Waals surface area contributed by atoms with E-state index in [9.17, 15) is 19.1 Å². The molecule has 1 saturated heterocycles. The number of benzene rings is 3. The van der Waals surface area contributed by atoms with Crippen LogP contribution in [0.1, 0.15) is 12.0 Å². The molecule has 1 atom stereocenters. The fourth-order valence-electron chi connectivity index (χ4n) is 3.53. The first-order chi connectivity index (χ1) is 17.9. The number of amidine groups is 1. The lowest BCUT2D eigenvalue weighted by atomic mass is 10.2. The fourth-order valence-corrected chi connectivity index (χ4v) is 4.62. The fraction of sp³-hybridized carbons (Fsp3) is 0.154. The number of anilines is 2. The van der Waals surface area contributed by atoms with Crippen LogP contribution in [-0.2, 0) is 9.59 Å². The van der Waals surface area contributed by atoms with Crippen LogP contribution in [0.2, 0.25) is 0 Å². The molecule has 37 heavy (non-hydrogen) atoms. The van der Waals surface area contributed by atoms with Crippen molar-refractivity contribution in [1.29, 1.82) is 0 Å². The molecule has 4 rings (SSSR count). The number of amides is 2. The molecule has 0 aliphatic carbocycles. The summed E-state index contributed by atoms with van der Waals surface area (Å²) in [6.45, 7) is 0. The van der Waals surface area contributed by atoms with E-state index < -0.39 is 17.0 Å². The smallest absolute Gasteiger partial charge is 0.247 e. The quantitative estimate of drug-likeness (QED) is 0.335. The molecule has 1 aliphatic rings. The van der Waals surface area contributed by atoms with Crippen molar-refractivity contribution in [3.8, 4) is 17.2 Å². The molecule has 1 heterocycles. The second-order valence-electron chi connectivity index (χ2n) is 7.80. The highest BCUT2D eigenvalue weighted by molar-refractivity contribution is 8.16. The summed E-state index contributed by atoms with van der Waals surface area (Å²) < 4.78 is 23.7. The molecule has 0 bridgehead atoms. The molecule has 0 aromatic heterocycles. The Morgan fingerprint density at radius 3 is 2.57 bits per heavy atom. The molecule has 2 N–H and O–H groups in total. The Labute approximate surface area is 216 Å². The highest BCUT2D eigenvalue weighted by atomic mass is 32.2. The van der Waals surface area contributed by atoms with Crippen LogP contribution in [-0.4, -0.2) is 47.8 Å². The van der Waals surface area contributed by atoms with E-state index in [0.717, 1.165) is 11.8 Å². The molecule has 11 heteroatoms. The predicted octanol–water partition coefficient (Wildman–Crippen LogP) is 4.42. The molecular weight excluding hydrogens is 499 g/mol. The van der Waals surface area contributed by atoms with Gasteiger partial charge >= 0.3 is 0 Å². The van der Waals surface area contributed by atoms with Gasteiger partial charge in [-0.2, -0.15) is 5.10 Å². The Morgan fingerprint density at radius 1 is 1.11 bits per heavy atom. The number of thioether (sulfide) groups is 1. The molecule has 0 radical (unpaired) electrons. The number of hydrogen-bond donors (Lipinski definition) is 2. The zero-order valence-electron chi connectivity index (χ0n) is 19.9. The number of halogens is 1. The van der Waals surface area contributed by atoms with E-state index in [0.29, 0.717) is 28.4 Å². The van der Waals surface area contributed by atoms with Crippen LogP contribution in [0.15, 0.2) is 76.9 Å². The van der Waals surface area contributed by atoms with Gasteiger partial charge in [0.15, 0.2) is 16.7 Å². The van der Waals surface area contributed by atoms with Crippen LogP contribution >= 0.6 is 11.8 Å². The number of hydrogen-bond acceptors (Lipinski definition) is 8. The van der Waals surface area contributed by atoms with Gasteiger partial charge in [-0.25, -0.2) is 4.39 Å². The Bertz CT molecular complexity index is 1360. The van der Waals surface area contributed by atoms with Gasteiger partial charge in [-0.05, 0) is 60.2 Å². The van der Waals surface area contributed by atoms with E-state index >= 15 is 0 Å². The topological polar surface area (TPSA) is 113 Å². The summed E-state index contributed by atoms with van der Waals surface area (Å²) in [5.74, 6) is -0.150. The maximum Gasteiger partial charge on any atom is 0.247 e. The number of nitrogens with zero attached hydrogens (tertiary/aromatic N) is 3. The van der Waals surface area contributed by atoms with Crippen LogP contribution in [0.25, 0.3) is 0 Å². The van der Waals surface area contributed by atoms with Crippen molar-refractivity contribution in [3.63, 3.8) is 0 Å². The number of ether oxygens (including phenoxy) is 2. The molecule has 3 aromatic carbocycles. The van der Waals surface area contributed by atoms with Crippen LogP contribution in [0.5, 0.6) is 17.2 Å². The minimum Gasteiger partial charge on any atom is -0.508 e. The summed E-state index contributed by atoms with van der Waals surface area (Å²) in [6.07, 6.45) is 1.35. The third-order valence-corrected chi connectivity index (χ3v) is 6.41. The number of phenolic OH excluding ortho intramolecular Hbond substituents is 1. The van der Waals surface area contributed by atoms with Crippen molar-refractivity contribution in [2.75, 3.05) is 24.4 Å². The lowest BCUT2D eigenvalue weighted by molar-refractivity contribution is -0.121. The zero-order chi connectivity index (χ0) is 26.4. The number of aromatic hydroxyl groups is 1. The van der Waals surface area contributed by atoms with Gasteiger partial charge in [0.25, 0.3) is 0 Å². The van der Waals surface area contributed by atoms with Crippen molar-refractivity contribution in [3.05, 3.63) is 78.1 Å². The van der Waals surface area contributed by atoms with E-state index in [1.807, 2.05) is 0 Å². The number of rotatable bonds is 8. The number of phenols is 1. The van der Waals surface area contributed by atoms with Gasteiger partial charge in [0, 0.05) is 18.2 Å². The molecule has 9 nitrogen and oxygen atoms in total. The third kappa shape index (κ3) is 6.25. The summed E-state index contributed by atoms with van der Waals surface area (Å²) in [7, 11) is 3.07. The standard InChI is InChI=1S/C26H23FN4O5S/c1-35-21-11-6-16(12-22(21)36-2)15-28-30-26-31(19-4-3-5-20(32)13-19)25(34)23(37-26)14-24(33)29-18-9-7-17(27)8-10-18/h3-13,15,23,32H,14H2,1-2H3,(H,29,33)/b28-15+,30-26+. The van der Waals surface area contributed by atoms with E-state index in [4.69, 9.17) is 9.47 Å². The minimum atomic E-state index is -0.780. The van der Waals surface area contributed by atoms with Gasteiger partial charge in [0.2, 0.25) is 11.8 Å². The molecule has 3 aromatic rings. The van der Waals surface area contributed by atoms with Gasteiger partial charge in [-0.1, -0.05) is 17.8 Å². The normalized spacial score (nSPS) is 16.4. The highest BCUT2D eigenvalue weighted by Crippen LogP contribution is 2.35. The summed E-state index contributed by atoms with van der Waals surface area (Å²) >= 11 is 1.08. The van der Waals surface area contributed by atoms with E-state index in [2.05, 4.69) is 15.5 Å². The summed E-state index contributed by atoms with van der Waals surface area (Å²) in [6, 6.07) is 16.7. The number of nitrogens with one attached hydrogen (secondary N) is 1. The van der Waals surface area contributed by atoms with E-state index in [1.165, 1.54) is 61.7 Å². The Kier molecular flexibility index (Phi) is 8.04. The average Bonchev–Trinajstić information content (AvgIpc) is 3.19. The summed E-state index contributed by atoms with van der Waals surface area (Å²) in [5, 5.41) is 20.4. The minimum absolute atomic E-state index is 0.0269.